The maximum atomic E-state index is 12.4. The van der Waals surface area contributed by atoms with Crippen LogP contribution in [0.4, 0.5) is 0 Å². The number of hydrogen-bond donors (Lipinski definition) is 1. The minimum Gasteiger partial charge on any atom is -0.307 e. The van der Waals surface area contributed by atoms with Crippen LogP contribution in [0.2, 0.25) is 0 Å². The molecule has 1 N–H and O–H groups in total. The number of carbonyl (C=O) groups is 1. The summed E-state index contributed by atoms with van der Waals surface area (Å²) in [5, 5.41) is 12.8. The van der Waals surface area contributed by atoms with Gasteiger partial charge < -0.3 is 5.32 Å². The molecule has 0 saturated carbocycles. The van der Waals surface area contributed by atoms with Gasteiger partial charge in [0.15, 0.2) is 5.78 Å². The average molecular weight is 379 g/mol. The summed E-state index contributed by atoms with van der Waals surface area (Å²) in [5.41, 5.74) is 3.48. The molecule has 0 aliphatic carbocycles. The van der Waals surface area contributed by atoms with E-state index >= 15 is 0 Å². The second-order valence-electron chi connectivity index (χ2n) is 7.13. The van der Waals surface area contributed by atoms with Gasteiger partial charge in [0.05, 0.1) is 18.0 Å². The molecule has 1 heterocycles. The summed E-state index contributed by atoms with van der Waals surface area (Å²) in [4.78, 5) is 13.7. The molecule has 1 aliphatic heterocycles. The van der Waals surface area contributed by atoms with E-state index in [1.165, 1.54) is 16.0 Å². The summed E-state index contributed by atoms with van der Waals surface area (Å²) in [6.45, 7) is 0.910. The van der Waals surface area contributed by atoms with Gasteiger partial charge in [-0.15, -0.1) is 11.8 Å². The summed E-state index contributed by atoms with van der Waals surface area (Å²) in [6, 6.07) is 19.1. The van der Waals surface area contributed by atoms with Crippen LogP contribution in [0.3, 0.4) is 0 Å². The van der Waals surface area contributed by atoms with Crippen molar-refractivity contribution in [3.05, 3.63) is 54.1 Å². The van der Waals surface area contributed by atoms with Gasteiger partial charge >= 0.3 is 0 Å². The van der Waals surface area contributed by atoms with Crippen LogP contribution in [0.25, 0.3) is 11.1 Å². The largest absolute Gasteiger partial charge is 0.307 e. The van der Waals surface area contributed by atoms with E-state index in [-0.39, 0.29) is 17.7 Å². The highest BCUT2D eigenvalue weighted by Crippen LogP contribution is 2.25. The van der Waals surface area contributed by atoms with Crippen LogP contribution < -0.4 is 5.32 Å². The fourth-order valence-corrected chi connectivity index (χ4v) is 4.06. The van der Waals surface area contributed by atoms with E-state index in [1.807, 2.05) is 0 Å². The SMILES string of the molecule is CSc1cccc(-c2ccc(C[C@@H](C#N)CC(=O)[C@@H]3CCCCN3)cc2)c1. The van der Waals surface area contributed by atoms with Crippen molar-refractivity contribution >= 4 is 17.5 Å². The van der Waals surface area contributed by atoms with E-state index in [9.17, 15) is 10.1 Å². The highest BCUT2D eigenvalue weighted by molar-refractivity contribution is 7.98. The molecular formula is C23H26N2OS. The quantitative estimate of drug-likeness (QED) is 0.699. The maximum Gasteiger partial charge on any atom is 0.151 e. The van der Waals surface area contributed by atoms with Crippen LogP contribution in [-0.2, 0) is 11.2 Å². The normalized spacial score (nSPS) is 17.9. The Morgan fingerprint density at radius 2 is 2.04 bits per heavy atom. The van der Waals surface area contributed by atoms with Crippen LogP contribution >= 0.6 is 11.8 Å². The lowest BCUT2D eigenvalue weighted by molar-refractivity contribution is -0.122. The first-order valence-electron chi connectivity index (χ1n) is 9.58. The Bertz CT molecular complexity index is 804. The predicted molar refractivity (Wildman–Crippen MR) is 112 cm³/mol. The summed E-state index contributed by atoms with van der Waals surface area (Å²) in [7, 11) is 0. The van der Waals surface area contributed by atoms with Gasteiger partial charge in [0.1, 0.15) is 0 Å². The minimum absolute atomic E-state index is 0.0549. The van der Waals surface area contributed by atoms with E-state index in [0.29, 0.717) is 12.8 Å². The molecule has 27 heavy (non-hydrogen) atoms. The van der Waals surface area contributed by atoms with E-state index < -0.39 is 0 Å². The number of nitrogens with zero attached hydrogens (tertiary/aromatic N) is 1. The van der Waals surface area contributed by atoms with Gasteiger partial charge in [-0.1, -0.05) is 42.8 Å². The van der Waals surface area contributed by atoms with Crippen molar-refractivity contribution in [3.63, 3.8) is 0 Å². The third-order valence-corrected chi connectivity index (χ3v) is 5.89. The number of benzene rings is 2. The highest BCUT2D eigenvalue weighted by atomic mass is 32.2. The van der Waals surface area contributed by atoms with Gasteiger partial charge in [-0.2, -0.15) is 5.26 Å². The Labute approximate surface area is 166 Å². The van der Waals surface area contributed by atoms with Crippen molar-refractivity contribution in [2.75, 3.05) is 12.8 Å². The first-order valence-corrected chi connectivity index (χ1v) is 10.8. The molecule has 4 heteroatoms. The summed E-state index contributed by atoms with van der Waals surface area (Å²) < 4.78 is 0. The Morgan fingerprint density at radius 1 is 1.22 bits per heavy atom. The molecule has 2 atom stereocenters. The van der Waals surface area contributed by atoms with Gasteiger partial charge in [0, 0.05) is 11.3 Å². The second-order valence-corrected chi connectivity index (χ2v) is 8.01. The molecule has 0 unspecified atom stereocenters. The molecule has 0 radical (unpaired) electrons. The fourth-order valence-electron chi connectivity index (χ4n) is 3.60. The first-order chi connectivity index (χ1) is 13.2. The molecule has 3 rings (SSSR count). The van der Waals surface area contributed by atoms with E-state index in [2.05, 4.69) is 66.2 Å². The molecule has 1 fully saturated rings. The first kappa shape index (κ1) is 19.7. The molecule has 0 aromatic heterocycles. The van der Waals surface area contributed by atoms with Crippen molar-refractivity contribution in [3.8, 4) is 17.2 Å². The summed E-state index contributed by atoms with van der Waals surface area (Å²) in [5.74, 6) is -0.0707. The van der Waals surface area contributed by atoms with E-state index in [1.54, 1.807) is 11.8 Å². The van der Waals surface area contributed by atoms with Crippen LogP contribution in [0.1, 0.15) is 31.2 Å². The van der Waals surface area contributed by atoms with E-state index in [4.69, 9.17) is 0 Å². The molecule has 2 aromatic carbocycles. The zero-order valence-corrected chi connectivity index (χ0v) is 16.6. The maximum absolute atomic E-state index is 12.4. The Kier molecular flexibility index (Phi) is 7.09. The Balaban J connectivity index is 1.62. The van der Waals surface area contributed by atoms with E-state index in [0.717, 1.165) is 31.4 Å². The predicted octanol–water partition coefficient (Wildman–Crippen LogP) is 4.86. The third-order valence-electron chi connectivity index (χ3n) is 5.17. The van der Waals surface area contributed by atoms with Gasteiger partial charge in [-0.3, -0.25) is 4.79 Å². The topological polar surface area (TPSA) is 52.9 Å². The van der Waals surface area contributed by atoms with Crippen LogP contribution in [0.15, 0.2) is 53.4 Å². The van der Waals surface area contributed by atoms with Gasteiger partial charge in [-0.25, -0.2) is 0 Å². The van der Waals surface area contributed by atoms with Gasteiger partial charge in [0.25, 0.3) is 0 Å². The lowest BCUT2D eigenvalue weighted by atomic mass is 9.90. The number of carbonyl (C=O) groups excluding carboxylic acids is 1. The molecule has 1 saturated heterocycles. The minimum atomic E-state index is -0.258. The van der Waals surface area contributed by atoms with Crippen LogP contribution in [0, 0.1) is 17.2 Å². The number of nitrogens with one attached hydrogen (secondary N) is 1. The number of nitriles is 1. The lowest BCUT2D eigenvalue weighted by Crippen LogP contribution is -2.41. The average Bonchev–Trinajstić information content (AvgIpc) is 2.74. The summed E-state index contributed by atoms with van der Waals surface area (Å²) in [6.07, 6.45) is 6.18. The third kappa shape index (κ3) is 5.45. The van der Waals surface area contributed by atoms with Crippen molar-refractivity contribution in [2.45, 2.75) is 43.0 Å². The van der Waals surface area contributed by atoms with Crippen molar-refractivity contribution in [2.24, 2.45) is 5.92 Å². The van der Waals surface area contributed by atoms with Gasteiger partial charge in [0.2, 0.25) is 0 Å². The second kappa shape index (κ2) is 9.73. The molecule has 0 spiro atoms. The van der Waals surface area contributed by atoms with Crippen molar-refractivity contribution in [1.29, 1.82) is 5.26 Å². The monoisotopic (exact) mass is 378 g/mol. The molecule has 0 bridgehead atoms. The molecule has 2 aromatic rings. The van der Waals surface area contributed by atoms with Crippen LogP contribution in [0.5, 0.6) is 0 Å². The molecular weight excluding hydrogens is 352 g/mol. The fraction of sp³-hybridized carbons (Fsp3) is 0.391. The number of rotatable bonds is 7. The van der Waals surface area contributed by atoms with Crippen molar-refractivity contribution < 1.29 is 4.79 Å². The number of hydrogen-bond acceptors (Lipinski definition) is 4. The number of thioether (sulfide) groups is 1. The number of piperidine rings is 1. The van der Waals surface area contributed by atoms with Crippen LogP contribution in [-0.4, -0.2) is 24.6 Å². The molecule has 0 amide bonds. The lowest BCUT2D eigenvalue weighted by Gasteiger charge is -2.23. The Hall–Kier alpha value is -2.09. The highest BCUT2D eigenvalue weighted by Gasteiger charge is 2.23. The molecule has 1 aliphatic rings. The Morgan fingerprint density at radius 3 is 2.70 bits per heavy atom. The van der Waals surface area contributed by atoms with Crippen molar-refractivity contribution in [1.82, 2.24) is 5.32 Å². The number of Topliss-reactive ketones (excluding diaryl/α,β-unsaturated/α-hetero) is 1. The zero-order valence-electron chi connectivity index (χ0n) is 15.8. The zero-order chi connectivity index (χ0) is 19.1. The standard InChI is InChI=1S/C23H26N2OS/c1-27-21-6-4-5-20(15-21)19-10-8-17(9-11-19)13-18(16-24)14-23(26)22-7-2-3-12-25-22/h4-6,8-11,15,18,22,25H,2-3,7,12-14H2,1H3/t18-,22+/m1/s1. The van der Waals surface area contributed by atoms with Gasteiger partial charge in [-0.05, 0) is 60.9 Å². The smallest absolute Gasteiger partial charge is 0.151 e. The molecule has 3 nitrogen and oxygen atoms in total. The number of ketones is 1. The molecule has 140 valence electrons. The summed E-state index contributed by atoms with van der Waals surface area (Å²) >= 11 is 1.74.